The second-order valence-electron chi connectivity index (χ2n) is 16.3. The molecule has 0 aliphatic carbocycles. The van der Waals surface area contributed by atoms with E-state index < -0.39 is 0 Å². The van der Waals surface area contributed by atoms with Crippen molar-refractivity contribution in [1.29, 1.82) is 0 Å². The van der Waals surface area contributed by atoms with Crippen molar-refractivity contribution in [2.24, 2.45) is 0 Å². The van der Waals surface area contributed by atoms with Gasteiger partial charge in [-0.2, -0.15) is 0 Å². The number of nitrogens with zero attached hydrogens (tertiary/aromatic N) is 1. The molecule has 0 fully saturated rings. The van der Waals surface area contributed by atoms with Gasteiger partial charge >= 0.3 is 0 Å². The van der Waals surface area contributed by atoms with Gasteiger partial charge in [0.05, 0.1) is 10.4 Å². The molecule has 0 N–H and O–H groups in total. The monoisotopic (exact) mass is 823 g/mol. The van der Waals surface area contributed by atoms with E-state index in [1.54, 1.807) is 0 Å². The molecular weight excluding hydrogens is 791 g/mol. The fourth-order valence-corrected chi connectivity index (χ4v) is 12.6. The number of anilines is 3. The molecule has 14 aromatic rings. The first-order chi connectivity index (χ1) is 30.7. The average molecular weight is 824 g/mol. The van der Waals surface area contributed by atoms with Crippen LogP contribution in [0.2, 0.25) is 0 Å². The third-order valence-electron chi connectivity index (χ3n) is 13.0. The molecule has 2 nitrogen and oxygen atoms in total. The molecule has 4 heteroatoms. The van der Waals surface area contributed by atoms with E-state index in [2.05, 4.69) is 199 Å². The summed E-state index contributed by atoms with van der Waals surface area (Å²) in [5, 5.41) is 17.7. The van der Waals surface area contributed by atoms with E-state index in [9.17, 15) is 0 Å². The van der Waals surface area contributed by atoms with E-state index in [4.69, 9.17) is 4.42 Å². The average Bonchev–Trinajstić information content (AvgIpc) is 4.03. The summed E-state index contributed by atoms with van der Waals surface area (Å²) >= 11 is 3.75. The van der Waals surface area contributed by atoms with E-state index >= 15 is 0 Å². The topological polar surface area (TPSA) is 16.4 Å². The Hall–Kier alpha value is -7.50. The van der Waals surface area contributed by atoms with Crippen LogP contribution in [0.4, 0.5) is 17.1 Å². The van der Waals surface area contributed by atoms with Crippen LogP contribution in [0.1, 0.15) is 0 Å². The number of para-hydroxylation sites is 1. The van der Waals surface area contributed by atoms with Crippen molar-refractivity contribution in [2.45, 2.75) is 0 Å². The largest absolute Gasteiger partial charge is 0.456 e. The van der Waals surface area contributed by atoms with Crippen molar-refractivity contribution in [3.8, 4) is 11.1 Å². The zero-order valence-corrected chi connectivity index (χ0v) is 34.9. The van der Waals surface area contributed by atoms with Crippen molar-refractivity contribution in [1.82, 2.24) is 0 Å². The molecule has 0 saturated heterocycles. The molecular formula is C58H33NOS2. The summed E-state index contributed by atoms with van der Waals surface area (Å²) in [6.45, 7) is 0. The Morgan fingerprint density at radius 2 is 0.968 bits per heavy atom. The normalized spacial score (nSPS) is 12.2. The second kappa shape index (κ2) is 13.0. The number of benzene rings is 11. The van der Waals surface area contributed by atoms with Gasteiger partial charge in [0, 0.05) is 63.2 Å². The van der Waals surface area contributed by atoms with E-state index in [1.807, 2.05) is 28.7 Å². The Kier molecular flexibility index (Phi) is 7.18. The number of rotatable bonds is 4. The molecule has 0 spiro atoms. The molecule has 0 saturated carbocycles. The van der Waals surface area contributed by atoms with Crippen molar-refractivity contribution in [3.05, 3.63) is 200 Å². The van der Waals surface area contributed by atoms with E-state index in [-0.39, 0.29) is 0 Å². The molecule has 0 aliphatic rings. The van der Waals surface area contributed by atoms with Crippen molar-refractivity contribution in [3.63, 3.8) is 0 Å². The summed E-state index contributed by atoms with van der Waals surface area (Å²) in [6.07, 6.45) is 0. The SMILES string of the molecule is c1cc(-c2ccc3c(c2)sc2ccc4ccc5oc6ccccc6c5c4c23)cc(N(c2ccc3c4ccccc4c4ccccc4c3c2)c2cccc3c2sc2ccccc23)c1. The maximum absolute atomic E-state index is 6.37. The van der Waals surface area contributed by atoms with E-state index in [1.165, 1.54) is 106 Å². The van der Waals surface area contributed by atoms with Gasteiger partial charge in [-0.25, -0.2) is 0 Å². The molecule has 0 amide bonds. The minimum Gasteiger partial charge on any atom is -0.456 e. The van der Waals surface area contributed by atoms with Crippen LogP contribution in [0.25, 0.3) is 116 Å². The lowest BCUT2D eigenvalue weighted by Crippen LogP contribution is -2.10. The predicted molar refractivity (Wildman–Crippen MR) is 270 cm³/mol. The van der Waals surface area contributed by atoms with Gasteiger partial charge in [-0.15, -0.1) is 22.7 Å². The van der Waals surface area contributed by atoms with Gasteiger partial charge in [0.15, 0.2) is 0 Å². The van der Waals surface area contributed by atoms with Crippen LogP contribution in [0.15, 0.2) is 205 Å². The van der Waals surface area contributed by atoms with Crippen LogP contribution in [-0.2, 0) is 0 Å². The first kappa shape index (κ1) is 34.2. The molecule has 14 rings (SSSR count). The van der Waals surface area contributed by atoms with Gasteiger partial charge in [-0.1, -0.05) is 140 Å². The number of thiophene rings is 2. The van der Waals surface area contributed by atoms with Crippen LogP contribution < -0.4 is 4.90 Å². The van der Waals surface area contributed by atoms with Crippen molar-refractivity contribution < 1.29 is 4.42 Å². The fraction of sp³-hybridized carbons (Fsp3) is 0. The lowest BCUT2D eigenvalue weighted by molar-refractivity contribution is 0.669. The standard InChI is InChI=1S/C58H33NOS2/c1-2-15-41-39(13-1)40-14-3-4-16-42(40)48-33-38(26-28-43(41)48)59(49-20-10-19-45-44-17-6-8-22-52(44)62-58(45)49)37-12-9-11-35(31-37)36-23-27-47-54(32-36)61-53-30-25-34-24-29-51-56(55(34)57(47)53)46-18-5-7-21-50(46)60-51/h1-33H. The number of fused-ring (bicyclic) bond motifs is 18. The highest BCUT2D eigenvalue weighted by Gasteiger charge is 2.21. The minimum absolute atomic E-state index is 0.928. The molecule has 288 valence electrons. The zero-order chi connectivity index (χ0) is 40.5. The minimum atomic E-state index is 0.928. The molecule has 0 radical (unpaired) electrons. The Morgan fingerprint density at radius 1 is 0.323 bits per heavy atom. The molecule has 11 aromatic carbocycles. The summed E-state index contributed by atoms with van der Waals surface area (Å²) in [6, 6.07) is 73.8. The first-order valence-corrected chi connectivity index (χ1v) is 22.7. The highest BCUT2D eigenvalue weighted by Crippen LogP contribution is 2.48. The molecule has 0 aliphatic heterocycles. The number of furan rings is 1. The maximum atomic E-state index is 6.37. The Morgan fingerprint density at radius 3 is 1.81 bits per heavy atom. The zero-order valence-electron chi connectivity index (χ0n) is 33.2. The fourth-order valence-electron chi connectivity index (χ4n) is 10.3. The van der Waals surface area contributed by atoms with E-state index in [0.717, 1.165) is 27.9 Å². The second-order valence-corrected chi connectivity index (χ2v) is 18.5. The summed E-state index contributed by atoms with van der Waals surface area (Å²) in [4.78, 5) is 2.48. The molecule has 62 heavy (non-hydrogen) atoms. The Bertz CT molecular complexity index is 4150. The van der Waals surface area contributed by atoms with Gasteiger partial charge in [0.1, 0.15) is 11.2 Å². The highest BCUT2D eigenvalue weighted by molar-refractivity contribution is 7.26. The quantitative estimate of drug-likeness (QED) is 0.164. The lowest BCUT2D eigenvalue weighted by Gasteiger charge is -2.27. The molecule has 0 bridgehead atoms. The summed E-state index contributed by atoms with van der Waals surface area (Å²) in [5.74, 6) is 0. The van der Waals surface area contributed by atoms with Gasteiger partial charge in [-0.05, 0) is 109 Å². The van der Waals surface area contributed by atoms with Crippen LogP contribution in [-0.4, -0.2) is 0 Å². The molecule has 0 unspecified atom stereocenters. The first-order valence-electron chi connectivity index (χ1n) is 21.1. The Labute approximate surface area is 363 Å². The van der Waals surface area contributed by atoms with Crippen molar-refractivity contribution >= 4 is 145 Å². The van der Waals surface area contributed by atoms with Crippen LogP contribution >= 0.6 is 22.7 Å². The van der Waals surface area contributed by atoms with Crippen LogP contribution in [0, 0.1) is 0 Å². The van der Waals surface area contributed by atoms with Gasteiger partial charge < -0.3 is 9.32 Å². The Balaban J connectivity index is 0.980. The lowest BCUT2D eigenvalue weighted by atomic mass is 9.94. The molecule has 3 heterocycles. The molecule has 3 aromatic heterocycles. The number of hydrogen-bond acceptors (Lipinski definition) is 4. The summed E-state index contributed by atoms with van der Waals surface area (Å²) in [7, 11) is 0. The van der Waals surface area contributed by atoms with Gasteiger partial charge in [0.2, 0.25) is 0 Å². The third-order valence-corrected chi connectivity index (χ3v) is 15.3. The van der Waals surface area contributed by atoms with Crippen molar-refractivity contribution in [2.75, 3.05) is 4.90 Å². The van der Waals surface area contributed by atoms with Crippen LogP contribution in [0.3, 0.4) is 0 Å². The van der Waals surface area contributed by atoms with Gasteiger partial charge in [0.25, 0.3) is 0 Å². The predicted octanol–water partition coefficient (Wildman–Crippen LogP) is 18.1. The highest BCUT2D eigenvalue weighted by atomic mass is 32.1. The third kappa shape index (κ3) is 4.90. The smallest absolute Gasteiger partial charge is 0.136 e. The van der Waals surface area contributed by atoms with E-state index in [0.29, 0.717) is 0 Å². The molecule has 0 atom stereocenters. The maximum Gasteiger partial charge on any atom is 0.136 e. The summed E-state index contributed by atoms with van der Waals surface area (Å²) < 4.78 is 11.5. The summed E-state index contributed by atoms with van der Waals surface area (Å²) in [5.41, 5.74) is 7.67. The number of hydrogen-bond donors (Lipinski definition) is 0. The van der Waals surface area contributed by atoms with Crippen LogP contribution in [0.5, 0.6) is 0 Å². The van der Waals surface area contributed by atoms with Gasteiger partial charge in [-0.3, -0.25) is 0 Å².